The van der Waals surface area contributed by atoms with Crippen LogP contribution in [0, 0.1) is 10.1 Å². The smallest absolute Gasteiger partial charge is 0.276 e. The van der Waals surface area contributed by atoms with Crippen LogP contribution in [0.2, 0.25) is 0 Å². The highest BCUT2D eigenvalue weighted by molar-refractivity contribution is 9.10. The first-order valence-electron chi connectivity index (χ1n) is 7.43. The summed E-state index contributed by atoms with van der Waals surface area (Å²) >= 11 is 3.30. The van der Waals surface area contributed by atoms with Gasteiger partial charge in [-0.3, -0.25) is 14.9 Å². The Morgan fingerprint density at radius 3 is 2.64 bits per heavy atom. The second-order valence-corrected chi connectivity index (χ2v) is 6.68. The minimum absolute atomic E-state index is 0.0798. The van der Waals surface area contributed by atoms with Crippen LogP contribution in [0.5, 0.6) is 0 Å². The Labute approximate surface area is 151 Å². The van der Waals surface area contributed by atoms with Gasteiger partial charge in [0.2, 0.25) is 0 Å². The maximum Gasteiger partial charge on any atom is 0.276 e. The summed E-state index contributed by atoms with van der Waals surface area (Å²) in [6.45, 7) is 1.69. The molecule has 0 aromatic heterocycles. The van der Waals surface area contributed by atoms with Crippen LogP contribution in [0.25, 0.3) is 0 Å². The molecule has 2 aromatic rings. The molecule has 0 radical (unpaired) electrons. The van der Waals surface area contributed by atoms with Crippen molar-refractivity contribution in [3.8, 4) is 0 Å². The van der Waals surface area contributed by atoms with Gasteiger partial charge in [0.1, 0.15) is 0 Å². The van der Waals surface area contributed by atoms with E-state index >= 15 is 0 Å². The van der Waals surface area contributed by atoms with Crippen molar-refractivity contribution in [2.24, 2.45) is 5.10 Å². The van der Waals surface area contributed by atoms with E-state index in [1.807, 2.05) is 0 Å². The fourth-order valence-corrected chi connectivity index (χ4v) is 3.01. The van der Waals surface area contributed by atoms with E-state index in [0.717, 1.165) is 9.48 Å². The fourth-order valence-electron chi connectivity index (χ4n) is 2.74. The number of amides is 1. The molecule has 7 nitrogen and oxygen atoms in total. The summed E-state index contributed by atoms with van der Waals surface area (Å²) < 4.78 is 0.819. The Morgan fingerprint density at radius 2 is 2.00 bits per heavy atom. The molecular formula is C17H14BrN3O4. The average Bonchev–Trinajstić information content (AvgIpc) is 2.91. The summed E-state index contributed by atoms with van der Waals surface area (Å²) in [5.41, 5.74) is -0.774. The lowest BCUT2D eigenvalue weighted by molar-refractivity contribution is -0.385. The molecule has 0 bridgehead atoms. The predicted octanol–water partition coefficient (Wildman–Crippen LogP) is 3.42. The highest BCUT2D eigenvalue weighted by Gasteiger charge is 2.45. The van der Waals surface area contributed by atoms with Gasteiger partial charge in [0.05, 0.1) is 4.92 Å². The molecule has 3 rings (SSSR count). The molecule has 1 aliphatic rings. The van der Waals surface area contributed by atoms with Gasteiger partial charge >= 0.3 is 0 Å². The Kier molecular flexibility index (Phi) is 4.40. The van der Waals surface area contributed by atoms with Gasteiger partial charge in [-0.25, -0.2) is 0 Å². The Morgan fingerprint density at radius 1 is 1.32 bits per heavy atom. The van der Waals surface area contributed by atoms with Gasteiger partial charge in [-0.2, -0.15) is 10.1 Å². The molecule has 1 amide bonds. The lowest BCUT2D eigenvalue weighted by Crippen LogP contribution is -2.43. The van der Waals surface area contributed by atoms with Crippen molar-refractivity contribution in [3.63, 3.8) is 0 Å². The molecule has 1 heterocycles. The SMILES string of the molecule is CC1=NN(C(=O)c2ccc(Br)cc2)C(O)(c2cccc([N+](=O)[O-])c2)C1. The molecule has 25 heavy (non-hydrogen) atoms. The molecule has 1 N–H and O–H groups in total. The first-order valence-corrected chi connectivity index (χ1v) is 8.22. The maximum absolute atomic E-state index is 12.8. The van der Waals surface area contributed by atoms with Crippen molar-refractivity contribution in [2.75, 3.05) is 0 Å². The molecular weight excluding hydrogens is 390 g/mol. The van der Waals surface area contributed by atoms with Crippen molar-refractivity contribution in [1.29, 1.82) is 0 Å². The van der Waals surface area contributed by atoms with Gasteiger partial charge in [-0.05, 0) is 31.2 Å². The van der Waals surface area contributed by atoms with Crippen LogP contribution in [-0.2, 0) is 5.72 Å². The van der Waals surface area contributed by atoms with Gasteiger partial charge in [-0.15, -0.1) is 0 Å². The third kappa shape index (κ3) is 3.18. The summed E-state index contributed by atoms with van der Waals surface area (Å²) in [5, 5.41) is 27.3. The van der Waals surface area contributed by atoms with E-state index < -0.39 is 16.6 Å². The van der Waals surface area contributed by atoms with Crippen molar-refractivity contribution >= 4 is 33.2 Å². The number of hydrogen-bond acceptors (Lipinski definition) is 5. The first kappa shape index (κ1) is 17.2. The number of hydrogen-bond donors (Lipinski definition) is 1. The van der Waals surface area contributed by atoms with E-state index in [0.29, 0.717) is 11.3 Å². The zero-order valence-corrected chi connectivity index (χ0v) is 14.8. The lowest BCUT2D eigenvalue weighted by atomic mass is 9.96. The van der Waals surface area contributed by atoms with Crippen molar-refractivity contribution in [1.82, 2.24) is 5.01 Å². The van der Waals surface area contributed by atoms with Crippen LogP contribution in [0.1, 0.15) is 29.3 Å². The quantitative estimate of drug-likeness (QED) is 0.626. The van der Waals surface area contributed by atoms with Crippen LogP contribution < -0.4 is 0 Å². The monoisotopic (exact) mass is 403 g/mol. The highest BCUT2D eigenvalue weighted by atomic mass is 79.9. The summed E-state index contributed by atoms with van der Waals surface area (Å²) in [5.74, 6) is -0.488. The number of halogens is 1. The van der Waals surface area contributed by atoms with Gasteiger partial charge in [-0.1, -0.05) is 28.1 Å². The molecule has 8 heteroatoms. The van der Waals surface area contributed by atoms with Crippen LogP contribution >= 0.6 is 15.9 Å². The Balaban J connectivity index is 2.02. The number of carbonyl (C=O) groups excluding carboxylic acids is 1. The summed E-state index contributed by atoms with van der Waals surface area (Å²) in [6.07, 6.45) is 0.0798. The van der Waals surface area contributed by atoms with E-state index in [4.69, 9.17) is 0 Å². The number of hydrazone groups is 1. The van der Waals surface area contributed by atoms with Gasteiger partial charge in [0.15, 0.2) is 5.72 Å². The molecule has 1 aliphatic heterocycles. The van der Waals surface area contributed by atoms with Crippen LogP contribution in [0.4, 0.5) is 5.69 Å². The highest BCUT2D eigenvalue weighted by Crippen LogP contribution is 2.37. The predicted molar refractivity (Wildman–Crippen MR) is 95.0 cm³/mol. The maximum atomic E-state index is 12.8. The average molecular weight is 404 g/mol. The van der Waals surface area contributed by atoms with Crippen LogP contribution in [0.15, 0.2) is 58.1 Å². The largest absolute Gasteiger partial charge is 0.365 e. The van der Waals surface area contributed by atoms with Gasteiger partial charge in [0, 0.05) is 39.9 Å². The normalized spacial score (nSPS) is 19.6. The van der Waals surface area contributed by atoms with E-state index in [9.17, 15) is 20.0 Å². The number of aliphatic hydroxyl groups is 1. The molecule has 0 aliphatic carbocycles. The zero-order chi connectivity index (χ0) is 18.2. The zero-order valence-electron chi connectivity index (χ0n) is 13.2. The summed E-state index contributed by atoms with van der Waals surface area (Å²) in [4.78, 5) is 23.3. The van der Waals surface area contributed by atoms with Crippen molar-refractivity contribution < 1.29 is 14.8 Å². The first-order chi connectivity index (χ1) is 11.8. The van der Waals surface area contributed by atoms with E-state index in [1.165, 1.54) is 18.2 Å². The number of benzene rings is 2. The Bertz CT molecular complexity index is 882. The van der Waals surface area contributed by atoms with E-state index in [1.54, 1.807) is 37.3 Å². The molecule has 0 fully saturated rings. The van der Waals surface area contributed by atoms with Gasteiger partial charge in [0.25, 0.3) is 11.6 Å². The third-order valence-electron chi connectivity index (χ3n) is 3.93. The van der Waals surface area contributed by atoms with Gasteiger partial charge < -0.3 is 5.11 Å². The fraction of sp³-hybridized carbons (Fsp3) is 0.176. The standard InChI is InChI=1S/C17H14BrN3O4/c1-11-10-17(23,13-3-2-4-15(9-13)21(24)25)20(19-11)16(22)12-5-7-14(18)8-6-12/h2-9,23H,10H2,1H3. The van der Waals surface area contributed by atoms with Crippen molar-refractivity contribution in [3.05, 3.63) is 74.2 Å². The molecule has 0 spiro atoms. The molecule has 1 unspecified atom stereocenters. The number of rotatable bonds is 3. The van der Waals surface area contributed by atoms with Crippen molar-refractivity contribution in [2.45, 2.75) is 19.1 Å². The van der Waals surface area contributed by atoms with E-state index in [-0.39, 0.29) is 17.7 Å². The summed E-state index contributed by atoms with van der Waals surface area (Å²) in [7, 11) is 0. The summed E-state index contributed by atoms with van der Waals surface area (Å²) in [6, 6.07) is 12.3. The number of non-ortho nitro benzene ring substituents is 1. The molecule has 128 valence electrons. The topological polar surface area (TPSA) is 96.0 Å². The molecule has 0 saturated carbocycles. The number of nitro groups is 1. The number of nitrogens with zero attached hydrogens (tertiary/aromatic N) is 3. The number of carbonyl (C=O) groups is 1. The van der Waals surface area contributed by atoms with E-state index in [2.05, 4.69) is 21.0 Å². The molecule has 1 atom stereocenters. The minimum Gasteiger partial charge on any atom is -0.365 e. The second-order valence-electron chi connectivity index (χ2n) is 5.76. The lowest BCUT2D eigenvalue weighted by Gasteiger charge is -2.31. The molecule has 2 aromatic carbocycles. The second kappa shape index (κ2) is 6.38. The van der Waals surface area contributed by atoms with Crippen LogP contribution in [-0.4, -0.2) is 26.7 Å². The van der Waals surface area contributed by atoms with Crippen LogP contribution in [0.3, 0.4) is 0 Å². The minimum atomic E-state index is -1.76. The third-order valence-corrected chi connectivity index (χ3v) is 4.45. The Hall–Kier alpha value is -2.58. The number of nitro benzene ring substituents is 1. The molecule has 0 saturated heterocycles.